The molecule has 2 aromatic heterocycles. The van der Waals surface area contributed by atoms with Crippen molar-refractivity contribution in [3.05, 3.63) is 18.2 Å². The molecule has 2 aromatic rings. The summed E-state index contributed by atoms with van der Waals surface area (Å²) < 4.78 is 11.5. The average molecular weight is 577 g/mol. The van der Waals surface area contributed by atoms with Crippen LogP contribution in [-0.4, -0.2) is 82.3 Å². The quantitative estimate of drug-likeness (QED) is 0.474. The number of halogens is 1. The Morgan fingerprint density at radius 3 is 2.45 bits per heavy atom. The Balaban J connectivity index is 0.00000370. The Morgan fingerprint density at radius 1 is 1.07 bits per heavy atom. The molecule has 11 nitrogen and oxygen atoms in total. The molecule has 0 spiro atoms. The molecule has 3 aliphatic heterocycles. The number of likely N-dealkylation sites (tertiary alicyclic amines) is 1. The molecule has 0 aliphatic carbocycles. The summed E-state index contributed by atoms with van der Waals surface area (Å²) in [6.07, 6.45) is 8.34. The van der Waals surface area contributed by atoms with Crippen molar-refractivity contribution in [2.75, 3.05) is 49.1 Å². The molecule has 222 valence electrons. The van der Waals surface area contributed by atoms with Crippen LogP contribution >= 0.6 is 12.4 Å². The number of hydrogen-bond donors (Lipinski definition) is 1. The van der Waals surface area contributed by atoms with Crippen LogP contribution in [0.5, 0.6) is 5.75 Å². The van der Waals surface area contributed by atoms with Crippen LogP contribution in [0.15, 0.2) is 16.9 Å². The lowest BCUT2D eigenvalue weighted by Crippen LogP contribution is -2.52. The number of amides is 1. The van der Waals surface area contributed by atoms with Gasteiger partial charge in [-0.15, -0.1) is 12.4 Å². The van der Waals surface area contributed by atoms with Gasteiger partial charge in [-0.25, -0.2) is 9.97 Å². The van der Waals surface area contributed by atoms with E-state index in [1.807, 2.05) is 4.90 Å². The van der Waals surface area contributed by atoms with Crippen LogP contribution in [0.3, 0.4) is 0 Å². The minimum Gasteiger partial charge on any atom is -0.490 e. The number of aromatic nitrogens is 4. The minimum absolute atomic E-state index is 0. The second-order valence-corrected chi connectivity index (χ2v) is 12.1. The van der Waals surface area contributed by atoms with Crippen molar-refractivity contribution >= 4 is 30.3 Å². The van der Waals surface area contributed by atoms with Crippen LogP contribution in [0.2, 0.25) is 0 Å². The fourth-order valence-electron chi connectivity index (χ4n) is 6.05. The SMILES string of the molecule is CC1CCN([C@H]2CN(c3ncc(OCC[C@@H](C)C4CCN(c5nc(C(C)C)no5)CC4)cn3)C[C@@H]2N)C(=O)C1.Cl. The zero-order chi connectivity index (χ0) is 27.5. The summed E-state index contributed by atoms with van der Waals surface area (Å²) in [4.78, 5) is 32.5. The molecule has 4 atom stereocenters. The van der Waals surface area contributed by atoms with Gasteiger partial charge in [0.25, 0.3) is 0 Å². The number of carbonyl (C=O) groups is 1. The number of carbonyl (C=O) groups excluding carboxylic acids is 1. The van der Waals surface area contributed by atoms with E-state index in [4.69, 9.17) is 15.0 Å². The molecule has 0 radical (unpaired) electrons. The predicted octanol–water partition coefficient (Wildman–Crippen LogP) is 3.50. The van der Waals surface area contributed by atoms with E-state index in [2.05, 4.69) is 57.6 Å². The maximum absolute atomic E-state index is 12.6. The van der Waals surface area contributed by atoms with Gasteiger partial charge in [0.15, 0.2) is 11.6 Å². The van der Waals surface area contributed by atoms with Crippen molar-refractivity contribution in [2.24, 2.45) is 23.5 Å². The molecule has 1 amide bonds. The van der Waals surface area contributed by atoms with Gasteiger partial charge in [0, 0.05) is 51.1 Å². The number of hydrogen-bond acceptors (Lipinski definition) is 10. The molecule has 0 bridgehead atoms. The summed E-state index contributed by atoms with van der Waals surface area (Å²) in [6, 6.07) is 0.569. The van der Waals surface area contributed by atoms with Gasteiger partial charge in [-0.2, -0.15) is 4.98 Å². The highest BCUT2D eigenvalue weighted by Gasteiger charge is 2.39. The third kappa shape index (κ3) is 6.97. The number of rotatable bonds is 9. The Labute approximate surface area is 243 Å². The molecule has 3 saturated heterocycles. The van der Waals surface area contributed by atoms with Gasteiger partial charge in [0.2, 0.25) is 11.9 Å². The second-order valence-electron chi connectivity index (χ2n) is 12.1. The van der Waals surface area contributed by atoms with E-state index in [1.165, 1.54) is 0 Å². The van der Waals surface area contributed by atoms with E-state index in [0.29, 0.717) is 61.6 Å². The standard InChI is InChI=1S/C28H44N8O3.ClH/c1-18(2)26-32-28(39-33-26)34-9-6-21(7-10-34)20(4)8-12-38-22-14-30-27(31-15-22)35-16-23(29)24(17-35)36-11-5-19(3)13-25(36)37;/h14-15,18-21,23-24H,5-13,16-17,29H2,1-4H3;1H/t19?,20-,23+,24+;/m1./s1. The summed E-state index contributed by atoms with van der Waals surface area (Å²) in [5.74, 6) is 4.24. The monoisotopic (exact) mass is 576 g/mol. The molecule has 12 heteroatoms. The molecule has 3 aliphatic rings. The normalized spacial score (nSPS) is 24.9. The van der Waals surface area contributed by atoms with Gasteiger partial charge in [0.1, 0.15) is 0 Å². The highest BCUT2D eigenvalue weighted by atomic mass is 35.5. The number of ether oxygens (including phenoxy) is 1. The maximum atomic E-state index is 12.6. The fraction of sp³-hybridized carbons (Fsp3) is 0.750. The lowest BCUT2D eigenvalue weighted by molar-refractivity contribution is -0.137. The third-order valence-electron chi connectivity index (χ3n) is 8.74. The average Bonchev–Trinajstić information content (AvgIpc) is 3.57. The summed E-state index contributed by atoms with van der Waals surface area (Å²) in [6.45, 7) is 13.2. The molecular formula is C28H45ClN8O3. The van der Waals surface area contributed by atoms with Crippen LogP contribution in [0.1, 0.15) is 71.5 Å². The van der Waals surface area contributed by atoms with Gasteiger partial charge in [-0.1, -0.05) is 32.9 Å². The van der Waals surface area contributed by atoms with E-state index in [-0.39, 0.29) is 36.3 Å². The number of nitrogens with two attached hydrogens (primary N) is 1. The number of anilines is 2. The van der Waals surface area contributed by atoms with Crippen LogP contribution in [0.25, 0.3) is 0 Å². The summed E-state index contributed by atoms with van der Waals surface area (Å²) in [5, 5.41) is 4.10. The molecule has 40 heavy (non-hydrogen) atoms. The molecule has 5 rings (SSSR count). The van der Waals surface area contributed by atoms with Gasteiger partial charge in [-0.3, -0.25) is 4.79 Å². The molecule has 1 unspecified atom stereocenters. The van der Waals surface area contributed by atoms with Crippen LogP contribution in [0.4, 0.5) is 12.0 Å². The topological polar surface area (TPSA) is 127 Å². The molecule has 5 heterocycles. The van der Waals surface area contributed by atoms with Crippen molar-refractivity contribution in [1.82, 2.24) is 25.0 Å². The first-order chi connectivity index (χ1) is 18.8. The third-order valence-corrected chi connectivity index (χ3v) is 8.74. The fourth-order valence-corrected chi connectivity index (χ4v) is 6.05. The van der Waals surface area contributed by atoms with Crippen molar-refractivity contribution in [3.8, 4) is 5.75 Å². The van der Waals surface area contributed by atoms with Gasteiger partial charge in [0.05, 0.1) is 25.0 Å². The predicted molar refractivity (Wildman–Crippen MR) is 156 cm³/mol. The lowest BCUT2D eigenvalue weighted by Gasteiger charge is -2.36. The first-order valence-corrected chi connectivity index (χ1v) is 14.6. The largest absolute Gasteiger partial charge is 0.490 e. The van der Waals surface area contributed by atoms with Crippen molar-refractivity contribution < 1.29 is 14.1 Å². The van der Waals surface area contributed by atoms with Gasteiger partial charge >= 0.3 is 6.01 Å². The van der Waals surface area contributed by atoms with Crippen LogP contribution in [0, 0.1) is 17.8 Å². The van der Waals surface area contributed by atoms with Gasteiger partial charge in [-0.05, 0) is 43.4 Å². The molecule has 3 fully saturated rings. The first-order valence-electron chi connectivity index (χ1n) is 14.6. The zero-order valence-electron chi connectivity index (χ0n) is 24.2. The van der Waals surface area contributed by atoms with E-state index < -0.39 is 0 Å². The van der Waals surface area contributed by atoms with Gasteiger partial charge < -0.3 is 29.7 Å². The molecule has 0 saturated carbocycles. The van der Waals surface area contributed by atoms with Crippen LogP contribution < -0.4 is 20.3 Å². The Hall–Kier alpha value is -2.66. The highest BCUT2D eigenvalue weighted by molar-refractivity contribution is 5.85. The Morgan fingerprint density at radius 2 is 1.80 bits per heavy atom. The zero-order valence-corrected chi connectivity index (χ0v) is 25.1. The van der Waals surface area contributed by atoms with E-state index in [0.717, 1.165) is 51.1 Å². The van der Waals surface area contributed by atoms with E-state index in [1.54, 1.807) is 12.4 Å². The van der Waals surface area contributed by atoms with E-state index >= 15 is 0 Å². The summed E-state index contributed by atoms with van der Waals surface area (Å²) in [7, 11) is 0. The van der Waals surface area contributed by atoms with Crippen molar-refractivity contribution in [2.45, 2.75) is 77.8 Å². The van der Waals surface area contributed by atoms with Crippen molar-refractivity contribution in [3.63, 3.8) is 0 Å². The smallest absolute Gasteiger partial charge is 0.324 e. The van der Waals surface area contributed by atoms with Crippen LogP contribution in [-0.2, 0) is 4.79 Å². The van der Waals surface area contributed by atoms with E-state index in [9.17, 15) is 4.79 Å². The minimum atomic E-state index is -0.0974. The Bertz CT molecular complexity index is 1090. The lowest BCUT2D eigenvalue weighted by atomic mass is 9.84. The second kappa shape index (κ2) is 13.3. The first kappa shape index (κ1) is 30.3. The molecular weight excluding hydrogens is 532 g/mol. The highest BCUT2D eigenvalue weighted by Crippen LogP contribution is 2.30. The maximum Gasteiger partial charge on any atom is 0.324 e. The molecule has 2 N–H and O–H groups in total. The molecule has 0 aromatic carbocycles. The van der Waals surface area contributed by atoms with Crippen molar-refractivity contribution in [1.29, 1.82) is 0 Å². The number of nitrogens with zero attached hydrogens (tertiary/aromatic N) is 7. The number of piperidine rings is 2. The summed E-state index contributed by atoms with van der Waals surface area (Å²) in [5.41, 5.74) is 6.44. The summed E-state index contributed by atoms with van der Waals surface area (Å²) >= 11 is 0. The Kier molecular flexibility index (Phi) is 10.1.